The lowest BCUT2D eigenvalue weighted by molar-refractivity contribution is 1.09. The Hall–Kier alpha value is -4.59. The van der Waals surface area contributed by atoms with Crippen molar-refractivity contribution in [1.82, 2.24) is 0 Å². The fourth-order valence-corrected chi connectivity index (χ4v) is 8.61. The Labute approximate surface area is 243 Å². The summed E-state index contributed by atoms with van der Waals surface area (Å²) in [6, 6.07) is 47.1. The van der Waals surface area contributed by atoms with E-state index in [0.717, 1.165) is 6.42 Å². The van der Waals surface area contributed by atoms with Gasteiger partial charge in [0.05, 0.1) is 0 Å². The number of allylic oxidation sites excluding steroid dienone is 3. The van der Waals surface area contributed by atoms with Crippen LogP contribution in [0.2, 0.25) is 0 Å². The van der Waals surface area contributed by atoms with E-state index < -0.39 is 0 Å². The number of rotatable bonds is 2. The molecule has 0 saturated carbocycles. The van der Waals surface area contributed by atoms with Crippen LogP contribution >= 0.6 is 11.8 Å². The van der Waals surface area contributed by atoms with Gasteiger partial charge in [-0.25, -0.2) is 0 Å². The van der Waals surface area contributed by atoms with Crippen molar-refractivity contribution in [3.8, 4) is 11.1 Å². The first kappa shape index (κ1) is 23.1. The smallest absolute Gasteiger partial charge is 0.0392 e. The second-order valence-electron chi connectivity index (χ2n) is 11.1. The molecular weight excluding hydrogens is 513 g/mol. The lowest BCUT2D eigenvalue weighted by Gasteiger charge is -2.23. The van der Waals surface area contributed by atoms with Crippen LogP contribution in [0, 0.1) is 0 Å². The molecule has 41 heavy (non-hydrogen) atoms. The molecule has 0 amide bonds. The molecule has 0 aromatic heterocycles. The molecular formula is C40H26S. The van der Waals surface area contributed by atoms with E-state index in [1.807, 2.05) is 0 Å². The van der Waals surface area contributed by atoms with Crippen molar-refractivity contribution in [1.29, 1.82) is 0 Å². The summed E-state index contributed by atoms with van der Waals surface area (Å²) in [5, 5.41) is 10.9. The standard InChI is InChI=1S/C40H26S/c1-2-12-27-24-28(21-20-25(27)10-1)37-30-14-5-7-16-32(30)38(33-17-8-6-15-31(33)37)34-18-9-19-36-39(34)35-23-22-26-11-3-4-13-29(26)40(35)41-36/h1-18,20-24,36H,19H2. The summed E-state index contributed by atoms with van der Waals surface area (Å²) >= 11 is 2.05. The normalized spacial score (nSPS) is 16.1. The topological polar surface area (TPSA) is 0 Å². The lowest BCUT2D eigenvalue weighted by atomic mass is 9.81. The van der Waals surface area contributed by atoms with Crippen LogP contribution in [0.5, 0.6) is 0 Å². The van der Waals surface area contributed by atoms with Gasteiger partial charge in [0.15, 0.2) is 0 Å². The number of fused-ring (bicyclic) bond motifs is 8. The van der Waals surface area contributed by atoms with E-state index in [-0.39, 0.29) is 0 Å². The van der Waals surface area contributed by atoms with Crippen LogP contribution in [0.3, 0.4) is 0 Å². The van der Waals surface area contributed by atoms with Crippen LogP contribution in [-0.2, 0) is 0 Å². The number of hydrogen-bond acceptors (Lipinski definition) is 1. The van der Waals surface area contributed by atoms with Crippen molar-refractivity contribution in [3.63, 3.8) is 0 Å². The molecule has 0 radical (unpaired) electrons. The van der Waals surface area contributed by atoms with Gasteiger partial charge in [-0.3, -0.25) is 0 Å². The molecule has 192 valence electrons. The highest BCUT2D eigenvalue weighted by molar-refractivity contribution is 8.01. The van der Waals surface area contributed by atoms with Crippen molar-refractivity contribution < 1.29 is 0 Å². The third kappa shape index (κ3) is 3.43. The van der Waals surface area contributed by atoms with Gasteiger partial charge < -0.3 is 0 Å². The number of hydrogen-bond donors (Lipinski definition) is 0. The highest BCUT2D eigenvalue weighted by Gasteiger charge is 2.33. The Bertz CT molecular complexity index is 2210. The maximum Gasteiger partial charge on any atom is 0.0392 e. The highest BCUT2D eigenvalue weighted by Crippen LogP contribution is 2.55. The molecule has 1 unspecified atom stereocenters. The van der Waals surface area contributed by atoms with Crippen molar-refractivity contribution in [2.24, 2.45) is 0 Å². The van der Waals surface area contributed by atoms with Gasteiger partial charge in [0, 0.05) is 10.1 Å². The first-order chi connectivity index (χ1) is 20.3. The predicted molar refractivity (Wildman–Crippen MR) is 179 cm³/mol. The minimum atomic E-state index is 0.438. The van der Waals surface area contributed by atoms with Gasteiger partial charge in [0.1, 0.15) is 0 Å². The second-order valence-corrected chi connectivity index (χ2v) is 12.4. The SMILES string of the molecule is C1=CC(c2c3ccccc3c(-c3ccc4ccccc4c3)c3ccccc23)=C2c3ccc4ccccc4c3SC2C1. The van der Waals surface area contributed by atoms with Crippen LogP contribution in [0.1, 0.15) is 17.5 Å². The van der Waals surface area contributed by atoms with Crippen LogP contribution in [0.25, 0.3) is 65.4 Å². The minimum Gasteiger partial charge on any atom is -0.116 e. The third-order valence-electron chi connectivity index (χ3n) is 8.92. The van der Waals surface area contributed by atoms with Gasteiger partial charge >= 0.3 is 0 Å². The summed E-state index contributed by atoms with van der Waals surface area (Å²) in [6.07, 6.45) is 5.86. The van der Waals surface area contributed by atoms with Crippen LogP contribution < -0.4 is 0 Å². The fraction of sp³-hybridized carbons (Fsp3) is 0.0500. The van der Waals surface area contributed by atoms with E-state index in [0.29, 0.717) is 5.25 Å². The summed E-state index contributed by atoms with van der Waals surface area (Å²) in [5.74, 6) is 0. The van der Waals surface area contributed by atoms with Gasteiger partial charge in [-0.05, 0) is 89.0 Å². The molecule has 1 atom stereocenters. The molecule has 1 heterocycles. The number of benzene rings is 7. The second kappa shape index (κ2) is 8.96. The van der Waals surface area contributed by atoms with Gasteiger partial charge in [0.25, 0.3) is 0 Å². The largest absolute Gasteiger partial charge is 0.116 e. The van der Waals surface area contributed by atoms with Crippen molar-refractivity contribution in [2.75, 3.05) is 0 Å². The molecule has 0 N–H and O–H groups in total. The molecule has 2 aliphatic rings. The van der Waals surface area contributed by atoms with E-state index in [1.54, 1.807) is 0 Å². The van der Waals surface area contributed by atoms with Crippen molar-refractivity contribution in [3.05, 3.63) is 151 Å². The van der Waals surface area contributed by atoms with E-state index >= 15 is 0 Å². The van der Waals surface area contributed by atoms with Gasteiger partial charge in [-0.15, -0.1) is 11.8 Å². The Morgan fingerprint density at radius 2 is 1.10 bits per heavy atom. The average molecular weight is 539 g/mol. The number of thioether (sulfide) groups is 1. The monoisotopic (exact) mass is 538 g/mol. The van der Waals surface area contributed by atoms with E-state index in [4.69, 9.17) is 0 Å². The van der Waals surface area contributed by atoms with Gasteiger partial charge in [0.2, 0.25) is 0 Å². The van der Waals surface area contributed by atoms with E-state index in [1.165, 1.54) is 81.4 Å². The molecule has 9 rings (SSSR count). The quantitative estimate of drug-likeness (QED) is 0.197. The van der Waals surface area contributed by atoms with Crippen molar-refractivity contribution >= 4 is 66.0 Å². The molecule has 0 spiro atoms. The summed E-state index contributed by atoms with van der Waals surface area (Å²) in [5.41, 5.74) is 8.22. The summed E-state index contributed by atoms with van der Waals surface area (Å²) in [7, 11) is 0. The molecule has 0 bridgehead atoms. The molecule has 0 nitrogen and oxygen atoms in total. The Balaban J connectivity index is 1.39. The first-order valence-electron chi connectivity index (χ1n) is 14.4. The molecule has 7 aromatic carbocycles. The van der Waals surface area contributed by atoms with E-state index in [2.05, 4.69) is 151 Å². The van der Waals surface area contributed by atoms with Gasteiger partial charge in [-0.1, -0.05) is 133 Å². The summed E-state index contributed by atoms with van der Waals surface area (Å²) in [6.45, 7) is 0. The fourth-order valence-electron chi connectivity index (χ4n) is 7.13. The average Bonchev–Trinajstić information content (AvgIpc) is 3.43. The zero-order chi connectivity index (χ0) is 26.9. The first-order valence-corrected chi connectivity index (χ1v) is 15.3. The molecule has 0 fully saturated rings. The van der Waals surface area contributed by atoms with Gasteiger partial charge in [-0.2, -0.15) is 0 Å². The van der Waals surface area contributed by atoms with E-state index in [9.17, 15) is 0 Å². The molecule has 0 saturated heterocycles. The maximum absolute atomic E-state index is 2.40. The van der Waals surface area contributed by atoms with Crippen molar-refractivity contribution in [2.45, 2.75) is 16.6 Å². The zero-order valence-electron chi connectivity index (χ0n) is 22.5. The summed E-state index contributed by atoms with van der Waals surface area (Å²) in [4.78, 5) is 1.44. The Kier molecular flexibility index (Phi) is 5.06. The lowest BCUT2D eigenvalue weighted by Crippen LogP contribution is -2.06. The Morgan fingerprint density at radius 1 is 0.512 bits per heavy atom. The minimum absolute atomic E-state index is 0.438. The third-order valence-corrected chi connectivity index (χ3v) is 10.3. The highest BCUT2D eigenvalue weighted by atomic mass is 32.2. The molecule has 1 aliphatic carbocycles. The van der Waals surface area contributed by atoms with Crippen LogP contribution in [-0.4, -0.2) is 5.25 Å². The predicted octanol–water partition coefficient (Wildman–Crippen LogP) is 11.3. The maximum atomic E-state index is 2.40. The van der Waals surface area contributed by atoms with Crippen LogP contribution in [0.4, 0.5) is 0 Å². The molecule has 1 heteroatoms. The summed E-state index contributed by atoms with van der Waals surface area (Å²) < 4.78 is 0. The molecule has 7 aromatic rings. The Morgan fingerprint density at radius 3 is 1.83 bits per heavy atom. The molecule has 1 aliphatic heterocycles. The van der Waals surface area contributed by atoms with Crippen LogP contribution in [0.15, 0.2) is 144 Å². The zero-order valence-corrected chi connectivity index (χ0v) is 23.3.